The van der Waals surface area contributed by atoms with Crippen LogP contribution >= 0.6 is 38.6 Å². The van der Waals surface area contributed by atoms with E-state index in [2.05, 4.69) is 147 Å². The van der Waals surface area contributed by atoms with Crippen molar-refractivity contribution in [1.29, 1.82) is 0 Å². The first-order chi connectivity index (χ1) is 40.0. The Bertz CT molecular complexity index is 4690. The molecule has 0 unspecified atom stereocenters. The van der Waals surface area contributed by atoms with Crippen molar-refractivity contribution in [1.82, 2.24) is 34.5 Å². The Kier molecular flexibility index (Phi) is 13.4. The molecule has 10 heteroatoms. The standard InChI is InChI=1S/C35H22N4S.C21H14BrN3.C15H10S/c1-3-10-23(11-4-1)33-36-34(24-12-5-2-6-13-24)38-35(37-33)26-14-9-15-27(20-26)39-19-18-25-21-32-29(22-30(25)39)28-16-7-8-17-31(28)40-32;22-18-13-7-12-17(14-18)21-24-19(15-8-3-1-4-9-15)23-20(25-21)16-10-5-2-6-11-16;1-2-7-14-12(6-1)13-8-10-4-3-5-11(10)9-15(13)16-14/h1-22H;1-14H;1-3,5-9H,4H2. The van der Waals surface area contributed by atoms with Gasteiger partial charge in [0.25, 0.3) is 0 Å². The number of rotatable bonds is 7. The fraction of sp³-hybridized carbons (Fsp3) is 0.0141. The van der Waals surface area contributed by atoms with Crippen molar-refractivity contribution in [2.24, 2.45) is 0 Å². The van der Waals surface area contributed by atoms with Crippen LogP contribution in [-0.2, 0) is 6.42 Å². The number of aromatic nitrogens is 7. The Labute approximate surface area is 484 Å². The van der Waals surface area contributed by atoms with Gasteiger partial charge >= 0.3 is 0 Å². The molecule has 15 aromatic rings. The lowest BCUT2D eigenvalue weighted by atomic mass is 10.1. The van der Waals surface area contributed by atoms with Crippen LogP contribution in [0.2, 0.25) is 0 Å². The van der Waals surface area contributed by atoms with E-state index >= 15 is 0 Å². The van der Waals surface area contributed by atoms with E-state index in [9.17, 15) is 0 Å². The highest BCUT2D eigenvalue weighted by Crippen LogP contribution is 2.39. The highest BCUT2D eigenvalue weighted by molar-refractivity contribution is 9.10. The molecule has 1 aliphatic rings. The van der Waals surface area contributed by atoms with Gasteiger partial charge in [0.2, 0.25) is 0 Å². The maximum absolute atomic E-state index is 4.92. The summed E-state index contributed by atoms with van der Waals surface area (Å²) in [5.41, 5.74) is 10.9. The molecule has 0 saturated heterocycles. The van der Waals surface area contributed by atoms with Gasteiger partial charge in [0, 0.05) is 95.5 Å². The van der Waals surface area contributed by atoms with Gasteiger partial charge in [-0.1, -0.05) is 210 Å². The van der Waals surface area contributed by atoms with E-state index in [1.807, 2.05) is 168 Å². The molecule has 0 saturated carbocycles. The van der Waals surface area contributed by atoms with Crippen LogP contribution in [0, 0.1) is 0 Å². The van der Waals surface area contributed by atoms with Crippen molar-refractivity contribution in [3.05, 3.63) is 277 Å². The fourth-order valence-corrected chi connectivity index (χ4v) is 13.0. The van der Waals surface area contributed by atoms with Crippen LogP contribution in [0.4, 0.5) is 0 Å². The van der Waals surface area contributed by atoms with Gasteiger partial charge in [-0.15, -0.1) is 22.7 Å². The van der Waals surface area contributed by atoms with Gasteiger partial charge < -0.3 is 4.57 Å². The Balaban J connectivity index is 0.000000121. The number of benzene rings is 10. The van der Waals surface area contributed by atoms with E-state index in [0.29, 0.717) is 34.9 Å². The number of thiophene rings is 2. The fourth-order valence-electron chi connectivity index (χ4n) is 10.4. The topological polar surface area (TPSA) is 82.3 Å². The van der Waals surface area contributed by atoms with Gasteiger partial charge in [-0.25, -0.2) is 29.9 Å². The first-order valence-electron chi connectivity index (χ1n) is 26.6. The van der Waals surface area contributed by atoms with Gasteiger partial charge in [-0.05, 0) is 84.3 Å². The summed E-state index contributed by atoms with van der Waals surface area (Å²) in [5, 5.41) is 6.64. The van der Waals surface area contributed by atoms with Gasteiger partial charge in [-0.2, -0.15) is 0 Å². The molecule has 5 aromatic heterocycles. The summed E-state index contributed by atoms with van der Waals surface area (Å²) in [6, 6.07) is 85.3. The number of nitrogens with zero attached hydrogens (tertiary/aromatic N) is 7. The summed E-state index contributed by atoms with van der Waals surface area (Å²) in [5.74, 6) is 3.97. The Morgan fingerprint density at radius 2 is 0.778 bits per heavy atom. The third kappa shape index (κ3) is 10.2. The normalized spacial score (nSPS) is 11.7. The predicted molar refractivity (Wildman–Crippen MR) is 342 cm³/mol. The van der Waals surface area contributed by atoms with Crippen LogP contribution in [-0.4, -0.2) is 34.5 Å². The van der Waals surface area contributed by atoms with Crippen molar-refractivity contribution in [2.75, 3.05) is 0 Å². The number of allylic oxidation sites excluding steroid dienone is 1. The minimum Gasteiger partial charge on any atom is -0.317 e. The van der Waals surface area contributed by atoms with Gasteiger partial charge in [0.1, 0.15) is 0 Å². The zero-order valence-electron chi connectivity index (χ0n) is 43.4. The van der Waals surface area contributed by atoms with Gasteiger partial charge in [-0.3, -0.25) is 0 Å². The first-order valence-corrected chi connectivity index (χ1v) is 29.1. The van der Waals surface area contributed by atoms with Gasteiger partial charge in [0.15, 0.2) is 34.9 Å². The minimum absolute atomic E-state index is 0.650. The highest BCUT2D eigenvalue weighted by Gasteiger charge is 2.17. The smallest absolute Gasteiger partial charge is 0.164 e. The monoisotopic (exact) mass is 1140 g/mol. The molecule has 10 aromatic carbocycles. The number of hydrogen-bond donors (Lipinski definition) is 0. The summed E-state index contributed by atoms with van der Waals surface area (Å²) < 4.78 is 8.68. The molecule has 0 amide bonds. The second kappa shape index (κ2) is 21.9. The molecular weight excluding hydrogens is 1090 g/mol. The number of hydrogen-bond acceptors (Lipinski definition) is 8. The molecule has 0 spiro atoms. The van der Waals surface area contributed by atoms with Crippen LogP contribution in [0.3, 0.4) is 0 Å². The van der Waals surface area contributed by atoms with Crippen molar-refractivity contribution >= 4 is 95.9 Å². The Morgan fingerprint density at radius 1 is 0.346 bits per heavy atom. The second-order valence-corrected chi connectivity index (χ2v) is 22.7. The van der Waals surface area contributed by atoms with E-state index < -0.39 is 0 Å². The van der Waals surface area contributed by atoms with E-state index in [0.717, 1.165) is 50.0 Å². The molecule has 0 N–H and O–H groups in total. The van der Waals surface area contributed by atoms with Crippen molar-refractivity contribution in [3.8, 4) is 74.0 Å². The molecule has 5 heterocycles. The number of halogens is 1. The average molecular weight is 1140 g/mol. The Hall–Kier alpha value is -9.58. The van der Waals surface area contributed by atoms with Crippen LogP contribution < -0.4 is 0 Å². The molecule has 0 radical (unpaired) electrons. The molecule has 384 valence electrons. The highest BCUT2D eigenvalue weighted by atomic mass is 79.9. The second-order valence-electron chi connectivity index (χ2n) is 19.6. The van der Waals surface area contributed by atoms with Gasteiger partial charge in [0.05, 0.1) is 5.52 Å². The lowest BCUT2D eigenvalue weighted by Crippen LogP contribution is -2.00. The molecule has 0 atom stereocenters. The molecule has 1 aliphatic carbocycles. The molecule has 7 nitrogen and oxygen atoms in total. The lowest BCUT2D eigenvalue weighted by molar-refractivity contribution is 1.07. The van der Waals surface area contributed by atoms with E-state index in [1.54, 1.807) is 0 Å². The molecule has 0 fully saturated rings. The summed E-state index contributed by atoms with van der Waals surface area (Å²) >= 11 is 7.26. The third-order valence-electron chi connectivity index (χ3n) is 14.3. The van der Waals surface area contributed by atoms with E-state index in [4.69, 9.17) is 24.9 Å². The van der Waals surface area contributed by atoms with E-state index in [1.165, 1.54) is 62.4 Å². The largest absolute Gasteiger partial charge is 0.317 e. The SMILES string of the molecule is Brc1cccc(-c2nc(-c3ccccc3)nc(-c3ccccc3)n2)c1.C1=Cc2cc3sc4ccccc4c3cc2C1.c1ccc(-c2nc(-c3ccccc3)nc(-c3cccc(-n4ccc5cc6sc7ccccc7c6cc54)c3)n2)cc1. The lowest BCUT2D eigenvalue weighted by Gasteiger charge is -2.11. The molecule has 81 heavy (non-hydrogen) atoms. The van der Waals surface area contributed by atoms with Crippen LogP contribution in [0.15, 0.2) is 265 Å². The summed E-state index contributed by atoms with van der Waals surface area (Å²) in [6.45, 7) is 0. The molecule has 0 aliphatic heterocycles. The average Bonchev–Trinajstić information content (AvgIpc) is 4.48. The van der Waals surface area contributed by atoms with Crippen molar-refractivity contribution in [3.63, 3.8) is 0 Å². The zero-order chi connectivity index (χ0) is 54.1. The quantitative estimate of drug-likeness (QED) is 0.158. The summed E-state index contributed by atoms with van der Waals surface area (Å²) in [6.07, 6.45) is 7.72. The first kappa shape index (κ1) is 49.7. The molecule has 16 rings (SSSR count). The minimum atomic E-state index is 0.650. The maximum atomic E-state index is 4.92. The van der Waals surface area contributed by atoms with Crippen molar-refractivity contribution in [2.45, 2.75) is 6.42 Å². The maximum Gasteiger partial charge on any atom is 0.164 e. The van der Waals surface area contributed by atoms with Crippen molar-refractivity contribution < 1.29 is 0 Å². The predicted octanol–water partition coefficient (Wildman–Crippen LogP) is 19.4. The number of fused-ring (bicyclic) bond motifs is 8. The Morgan fingerprint density at radius 3 is 1.30 bits per heavy atom. The van der Waals surface area contributed by atoms with Crippen LogP contribution in [0.25, 0.3) is 131 Å². The summed E-state index contributed by atoms with van der Waals surface area (Å²) in [4.78, 5) is 28.8. The zero-order valence-corrected chi connectivity index (χ0v) is 46.7. The van der Waals surface area contributed by atoms with Crippen LogP contribution in [0.5, 0.6) is 0 Å². The van der Waals surface area contributed by atoms with E-state index in [-0.39, 0.29) is 0 Å². The summed E-state index contributed by atoms with van der Waals surface area (Å²) in [7, 11) is 0. The molecular formula is C71H46BrN7S2. The van der Waals surface area contributed by atoms with Crippen LogP contribution in [0.1, 0.15) is 11.1 Å². The molecule has 0 bridgehead atoms. The third-order valence-corrected chi connectivity index (χ3v) is 17.1.